The Bertz CT molecular complexity index is 251. The van der Waals surface area contributed by atoms with E-state index in [1.54, 1.807) is 0 Å². The number of carbonyl (C=O) groups excluding carboxylic acids is 1. The summed E-state index contributed by atoms with van der Waals surface area (Å²) in [5.41, 5.74) is 5.99. The van der Waals surface area contributed by atoms with Crippen molar-refractivity contribution in [2.45, 2.75) is 51.1 Å². The average Bonchev–Trinajstić information content (AvgIpc) is 2.74. The molecule has 0 radical (unpaired) electrons. The van der Waals surface area contributed by atoms with E-state index in [-0.39, 0.29) is 12.1 Å². The van der Waals surface area contributed by atoms with Gasteiger partial charge in [0.15, 0.2) is 0 Å². The van der Waals surface area contributed by atoms with Crippen LogP contribution in [0.25, 0.3) is 0 Å². The molecule has 4 nitrogen and oxygen atoms in total. The van der Waals surface area contributed by atoms with Crippen LogP contribution in [-0.4, -0.2) is 36.1 Å². The van der Waals surface area contributed by atoms with Crippen molar-refractivity contribution < 1.29 is 4.79 Å². The Kier molecular flexibility index (Phi) is 3.69. The number of rotatable bonds is 1. The lowest BCUT2D eigenvalue weighted by atomic mass is 9.94. The molecule has 1 aliphatic carbocycles. The molecule has 2 atom stereocenters. The lowest BCUT2D eigenvalue weighted by Crippen LogP contribution is -2.53. The smallest absolute Gasteiger partial charge is 0.317 e. The van der Waals surface area contributed by atoms with E-state index in [1.807, 2.05) is 4.90 Å². The average molecular weight is 225 g/mol. The second-order valence-electron chi connectivity index (χ2n) is 5.31. The molecule has 2 amide bonds. The predicted octanol–water partition coefficient (Wildman–Crippen LogP) is 1.31. The van der Waals surface area contributed by atoms with Gasteiger partial charge in [0.1, 0.15) is 0 Å². The summed E-state index contributed by atoms with van der Waals surface area (Å²) in [5.74, 6) is 0.538. The van der Waals surface area contributed by atoms with Gasteiger partial charge in [-0.05, 0) is 25.2 Å². The van der Waals surface area contributed by atoms with Gasteiger partial charge in [-0.25, -0.2) is 4.79 Å². The number of amides is 2. The highest BCUT2D eigenvalue weighted by atomic mass is 16.2. The first kappa shape index (κ1) is 11.7. The zero-order valence-corrected chi connectivity index (χ0v) is 10.1. The maximum absolute atomic E-state index is 12.0. The summed E-state index contributed by atoms with van der Waals surface area (Å²) in [7, 11) is 0. The van der Waals surface area contributed by atoms with Gasteiger partial charge < -0.3 is 16.0 Å². The van der Waals surface area contributed by atoms with Crippen LogP contribution in [0.2, 0.25) is 0 Å². The van der Waals surface area contributed by atoms with Crippen molar-refractivity contribution in [1.29, 1.82) is 0 Å². The number of hydrogen-bond acceptors (Lipinski definition) is 2. The molecular formula is C12H23N3O. The summed E-state index contributed by atoms with van der Waals surface area (Å²) >= 11 is 0. The van der Waals surface area contributed by atoms with Crippen molar-refractivity contribution in [2.75, 3.05) is 13.1 Å². The number of hydrogen-bond donors (Lipinski definition) is 2. The highest BCUT2D eigenvalue weighted by Crippen LogP contribution is 2.19. The third-order valence-electron chi connectivity index (χ3n) is 3.99. The molecule has 1 saturated heterocycles. The fourth-order valence-corrected chi connectivity index (χ4v) is 2.62. The number of nitrogens with two attached hydrogens (primary N) is 1. The maximum atomic E-state index is 12.0. The Morgan fingerprint density at radius 2 is 2.00 bits per heavy atom. The molecule has 2 rings (SSSR count). The van der Waals surface area contributed by atoms with E-state index in [0.29, 0.717) is 18.5 Å². The first-order chi connectivity index (χ1) is 7.66. The van der Waals surface area contributed by atoms with E-state index in [1.165, 1.54) is 12.8 Å². The molecule has 16 heavy (non-hydrogen) atoms. The van der Waals surface area contributed by atoms with Gasteiger partial charge in [0.25, 0.3) is 0 Å². The van der Waals surface area contributed by atoms with E-state index in [2.05, 4.69) is 12.2 Å². The van der Waals surface area contributed by atoms with Crippen molar-refractivity contribution in [3.05, 3.63) is 0 Å². The fraction of sp³-hybridized carbons (Fsp3) is 0.917. The minimum absolute atomic E-state index is 0.0919. The van der Waals surface area contributed by atoms with Gasteiger partial charge in [-0.3, -0.25) is 0 Å². The van der Waals surface area contributed by atoms with Crippen LogP contribution < -0.4 is 11.1 Å². The van der Waals surface area contributed by atoms with Crippen molar-refractivity contribution in [3.8, 4) is 0 Å². The summed E-state index contributed by atoms with van der Waals surface area (Å²) in [6.07, 6.45) is 5.81. The molecule has 0 spiro atoms. The third-order valence-corrected chi connectivity index (χ3v) is 3.99. The van der Waals surface area contributed by atoms with Crippen molar-refractivity contribution in [2.24, 2.45) is 11.7 Å². The van der Waals surface area contributed by atoms with Gasteiger partial charge in [0.2, 0.25) is 0 Å². The summed E-state index contributed by atoms with van der Waals surface area (Å²) < 4.78 is 0. The second kappa shape index (κ2) is 5.04. The number of nitrogens with zero attached hydrogens (tertiary/aromatic N) is 1. The molecule has 2 unspecified atom stereocenters. The maximum Gasteiger partial charge on any atom is 0.317 e. The highest BCUT2D eigenvalue weighted by molar-refractivity contribution is 5.74. The van der Waals surface area contributed by atoms with Gasteiger partial charge >= 0.3 is 6.03 Å². The standard InChI is InChI=1S/C12H23N3O/c1-9-6-7-15(8-11(9)13)12(16)14-10-4-2-3-5-10/h9-11H,2-8,13H2,1H3,(H,14,16). The molecule has 2 aliphatic rings. The van der Waals surface area contributed by atoms with Crippen LogP contribution in [0.1, 0.15) is 39.0 Å². The quantitative estimate of drug-likeness (QED) is 0.707. The second-order valence-corrected chi connectivity index (χ2v) is 5.31. The molecular weight excluding hydrogens is 202 g/mol. The molecule has 0 aromatic heterocycles. The van der Waals surface area contributed by atoms with Crippen LogP contribution in [0.15, 0.2) is 0 Å². The summed E-state index contributed by atoms with van der Waals surface area (Å²) in [4.78, 5) is 13.8. The molecule has 0 bridgehead atoms. The highest BCUT2D eigenvalue weighted by Gasteiger charge is 2.27. The Labute approximate surface area is 97.6 Å². The zero-order valence-electron chi connectivity index (χ0n) is 10.1. The minimum Gasteiger partial charge on any atom is -0.335 e. The molecule has 92 valence electrons. The zero-order chi connectivity index (χ0) is 11.5. The first-order valence-electron chi connectivity index (χ1n) is 6.48. The summed E-state index contributed by atoms with van der Waals surface area (Å²) in [6, 6.07) is 0.639. The largest absolute Gasteiger partial charge is 0.335 e. The van der Waals surface area contributed by atoms with Crippen LogP contribution in [0.4, 0.5) is 4.79 Å². The first-order valence-corrected chi connectivity index (χ1v) is 6.48. The van der Waals surface area contributed by atoms with Crippen molar-refractivity contribution >= 4 is 6.03 Å². The van der Waals surface area contributed by atoms with Crippen LogP contribution >= 0.6 is 0 Å². The fourth-order valence-electron chi connectivity index (χ4n) is 2.62. The molecule has 1 aliphatic heterocycles. The van der Waals surface area contributed by atoms with E-state index in [4.69, 9.17) is 5.73 Å². The van der Waals surface area contributed by atoms with Crippen LogP contribution in [0, 0.1) is 5.92 Å². The summed E-state index contributed by atoms with van der Waals surface area (Å²) in [5, 5.41) is 3.12. The van der Waals surface area contributed by atoms with Crippen molar-refractivity contribution in [3.63, 3.8) is 0 Å². The molecule has 3 N–H and O–H groups in total. The SMILES string of the molecule is CC1CCN(C(=O)NC2CCCC2)CC1N. The van der Waals surface area contributed by atoms with Crippen LogP contribution in [-0.2, 0) is 0 Å². The molecule has 1 saturated carbocycles. The number of urea groups is 1. The predicted molar refractivity (Wildman–Crippen MR) is 64.1 cm³/mol. The molecule has 1 heterocycles. The number of likely N-dealkylation sites (tertiary alicyclic amines) is 1. The molecule has 2 fully saturated rings. The van der Waals surface area contributed by atoms with Crippen LogP contribution in [0.3, 0.4) is 0 Å². The lowest BCUT2D eigenvalue weighted by Gasteiger charge is -2.35. The van der Waals surface area contributed by atoms with Gasteiger partial charge in [-0.1, -0.05) is 19.8 Å². The van der Waals surface area contributed by atoms with Crippen LogP contribution in [0.5, 0.6) is 0 Å². The minimum atomic E-state index is 0.0919. The van der Waals surface area contributed by atoms with E-state index >= 15 is 0 Å². The topological polar surface area (TPSA) is 58.4 Å². The number of nitrogens with one attached hydrogen (secondary N) is 1. The molecule has 4 heteroatoms. The number of piperidine rings is 1. The number of carbonyl (C=O) groups is 1. The lowest BCUT2D eigenvalue weighted by molar-refractivity contribution is 0.160. The summed E-state index contributed by atoms with van der Waals surface area (Å²) in [6.45, 7) is 3.73. The van der Waals surface area contributed by atoms with E-state index in [0.717, 1.165) is 25.8 Å². The third kappa shape index (κ3) is 2.67. The van der Waals surface area contributed by atoms with Gasteiger partial charge in [0, 0.05) is 25.2 Å². The van der Waals surface area contributed by atoms with Crippen molar-refractivity contribution in [1.82, 2.24) is 10.2 Å². The van der Waals surface area contributed by atoms with Gasteiger partial charge in [-0.15, -0.1) is 0 Å². The van der Waals surface area contributed by atoms with E-state index < -0.39 is 0 Å². The normalized spacial score (nSPS) is 31.8. The van der Waals surface area contributed by atoms with Gasteiger partial charge in [0.05, 0.1) is 0 Å². The Hall–Kier alpha value is -0.770. The Morgan fingerprint density at radius 3 is 2.62 bits per heavy atom. The monoisotopic (exact) mass is 225 g/mol. The molecule has 0 aromatic carbocycles. The van der Waals surface area contributed by atoms with E-state index in [9.17, 15) is 4.79 Å². The molecule has 0 aromatic rings. The Morgan fingerprint density at radius 1 is 1.31 bits per heavy atom. The van der Waals surface area contributed by atoms with Gasteiger partial charge in [-0.2, -0.15) is 0 Å². The Balaban J connectivity index is 1.80.